The fourth-order valence-corrected chi connectivity index (χ4v) is 1.90. The first-order valence-electron chi connectivity index (χ1n) is 5.66. The number of hydrogen-bond acceptors (Lipinski definition) is 4. The highest BCUT2D eigenvalue weighted by atomic mass is 35.5. The molecule has 104 valence electrons. The Kier molecular flexibility index (Phi) is 3.76. The van der Waals surface area contributed by atoms with E-state index in [1.807, 2.05) is 0 Å². The normalized spacial score (nSPS) is 10.3. The van der Waals surface area contributed by atoms with Crippen LogP contribution in [0, 0.1) is 13.8 Å². The molecule has 2 aromatic rings. The van der Waals surface area contributed by atoms with Crippen LogP contribution in [0.2, 0.25) is 5.02 Å². The van der Waals surface area contributed by atoms with Crippen molar-refractivity contribution in [3.05, 3.63) is 46.1 Å². The van der Waals surface area contributed by atoms with E-state index in [2.05, 4.69) is 10.3 Å². The molecule has 1 heterocycles. The Balaban J connectivity index is 2.26. The summed E-state index contributed by atoms with van der Waals surface area (Å²) in [6, 6.07) is 4.19. The van der Waals surface area contributed by atoms with E-state index in [9.17, 15) is 9.59 Å². The molecule has 0 spiro atoms. The zero-order valence-electron chi connectivity index (χ0n) is 10.7. The molecule has 0 aliphatic heterocycles. The van der Waals surface area contributed by atoms with Crippen molar-refractivity contribution in [1.29, 1.82) is 0 Å². The third kappa shape index (κ3) is 2.80. The minimum Gasteiger partial charge on any atom is -0.478 e. The Morgan fingerprint density at radius 2 is 2.05 bits per heavy atom. The van der Waals surface area contributed by atoms with E-state index in [4.69, 9.17) is 21.1 Å². The van der Waals surface area contributed by atoms with E-state index < -0.39 is 11.9 Å². The number of carboxylic acid groups (broad SMARTS) is 1. The number of aryl methyl sites for hydroxylation is 2. The molecular weight excluding hydrogens is 284 g/mol. The van der Waals surface area contributed by atoms with Gasteiger partial charge in [0.25, 0.3) is 5.91 Å². The zero-order valence-corrected chi connectivity index (χ0v) is 11.5. The Morgan fingerprint density at radius 3 is 2.60 bits per heavy atom. The lowest BCUT2D eigenvalue weighted by atomic mass is 10.2. The Hall–Kier alpha value is -2.34. The molecule has 1 aromatic carbocycles. The van der Waals surface area contributed by atoms with Crippen LogP contribution in [-0.2, 0) is 0 Å². The molecule has 2 N–H and O–H groups in total. The summed E-state index contributed by atoms with van der Waals surface area (Å²) in [5.41, 5.74) is 0.688. The standard InChI is InChI=1S/C13H11ClN2O4/c1-6-11(20-7(2)15-6)12(17)16-8-3-4-10(14)9(5-8)13(18)19/h3-5H,1-2H3,(H,16,17)(H,18,19). The van der Waals surface area contributed by atoms with Crippen LogP contribution in [0.3, 0.4) is 0 Å². The van der Waals surface area contributed by atoms with Gasteiger partial charge in [-0.3, -0.25) is 4.79 Å². The number of amides is 1. The summed E-state index contributed by atoms with van der Waals surface area (Å²) in [6.45, 7) is 3.28. The number of aromatic carboxylic acids is 1. The van der Waals surface area contributed by atoms with Crippen LogP contribution in [-0.4, -0.2) is 22.0 Å². The first kappa shape index (κ1) is 14.1. The van der Waals surface area contributed by atoms with Crippen molar-refractivity contribution in [3.63, 3.8) is 0 Å². The Morgan fingerprint density at radius 1 is 1.35 bits per heavy atom. The predicted octanol–water partition coefficient (Wildman–Crippen LogP) is 2.90. The minimum absolute atomic E-state index is 0.0880. The second-order valence-electron chi connectivity index (χ2n) is 4.10. The maximum absolute atomic E-state index is 12.0. The number of rotatable bonds is 3. The molecule has 0 aliphatic carbocycles. The lowest BCUT2D eigenvalue weighted by Gasteiger charge is -2.06. The SMILES string of the molecule is Cc1nc(C)c(C(=O)Nc2ccc(Cl)c(C(=O)O)c2)o1. The minimum atomic E-state index is -1.17. The van der Waals surface area contributed by atoms with E-state index >= 15 is 0 Å². The first-order chi connectivity index (χ1) is 9.38. The number of hydrogen-bond donors (Lipinski definition) is 2. The average molecular weight is 295 g/mol. The molecule has 0 radical (unpaired) electrons. The van der Waals surface area contributed by atoms with Crippen LogP contribution in [0.5, 0.6) is 0 Å². The molecule has 0 saturated carbocycles. The van der Waals surface area contributed by atoms with Crippen LogP contribution >= 0.6 is 11.6 Å². The number of carboxylic acids is 1. The molecule has 6 nitrogen and oxygen atoms in total. The van der Waals surface area contributed by atoms with Crippen molar-refractivity contribution in [3.8, 4) is 0 Å². The van der Waals surface area contributed by atoms with Crippen LogP contribution < -0.4 is 5.32 Å². The van der Waals surface area contributed by atoms with Crippen molar-refractivity contribution in [2.45, 2.75) is 13.8 Å². The fraction of sp³-hybridized carbons (Fsp3) is 0.154. The van der Waals surface area contributed by atoms with Gasteiger partial charge < -0.3 is 14.8 Å². The highest BCUT2D eigenvalue weighted by Gasteiger charge is 2.17. The molecule has 2 rings (SSSR count). The maximum Gasteiger partial charge on any atom is 0.337 e. The monoisotopic (exact) mass is 294 g/mol. The topological polar surface area (TPSA) is 92.4 Å². The number of nitrogens with one attached hydrogen (secondary N) is 1. The number of oxazole rings is 1. The maximum atomic E-state index is 12.0. The summed E-state index contributed by atoms with van der Waals surface area (Å²) < 4.78 is 5.18. The quantitative estimate of drug-likeness (QED) is 0.908. The summed E-state index contributed by atoms with van der Waals surface area (Å²) in [7, 11) is 0. The van der Waals surface area contributed by atoms with Crippen LogP contribution in [0.15, 0.2) is 22.6 Å². The fourth-order valence-electron chi connectivity index (χ4n) is 1.70. The summed E-state index contributed by atoms with van der Waals surface area (Å²) in [5, 5.41) is 11.6. The first-order valence-corrected chi connectivity index (χ1v) is 6.04. The van der Waals surface area contributed by atoms with Crippen LogP contribution in [0.4, 0.5) is 5.69 Å². The number of carbonyl (C=O) groups excluding carboxylic acids is 1. The van der Waals surface area contributed by atoms with Crippen LogP contribution in [0.1, 0.15) is 32.5 Å². The van der Waals surface area contributed by atoms with Gasteiger partial charge in [-0.15, -0.1) is 0 Å². The second-order valence-corrected chi connectivity index (χ2v) is 4.51. The van der Waals surface area contributed by atoms with E-state index in [0.717, 1.165) is 0 Å². The smallest absolute Gasteiger partial charge is 0.337 e. The number of carbonyl (C=O) groups is 2. The van der Waals surface area contributed by atoms with Gasteiger partial charge in [-0.05, 0) is 25.1 Å². The molecule has 0 aliphatic rings. The zero-order chi connectivity index (χ0) is 14.9. The number of aromatic nitrogens is 1. The van der Waals surface area contributed by atoms with Gasteiger partial charge in [0, 0.05) is 12.6 Å². The molecule has 0 bridgehead atoms. The highest BCUT2D eigenvalue weighted by Crippen LogP contribution is 2.21. The number of benzene rings is 1. The molecule has 7 heteroatoms. The highest BCUT2D eigenvalue weighted by molar-refractivity contribution is 6.33. The van der Waals surface area contributed by atoms with Gasteiger partial charge in [0.1, 0.15) is 0 Å². The van der Waals surface area contributed by atoms with Crippen molar-refractivity contribution >= 4 is 29.2 Å². The summed E-state index contributed by atoms with van der Waals surface area (Å²) >= 11 is 5.75. The molecule has 0 fully saturated rings. The van der Waals surface area contributed by atoms with Gasteiger partial charge in [-0.25, -0.2) is 9.78 Å². The number of anilines is 1. The van der Waals surface area contributed by atoms with E-state index in [-0.39, 0.29) is 16.3 Å². The summed E-state index contributed by atoms with van der Waals surface area (Å²) in [5.74, 6) is -1.19. The van der Waals surface area contributed by atoms with Gasteiger partial charge in [-0.2, -0.15) is 0 Å². The molecule has 1 aromatic heterocycles. The van der Waals surface area contributed by atoms with Crippen molar-refractivity contribution in [2.24, 2.45) is 0 Å². The second kappa shape index (κ2) is 5.34. The molecule has 0 unspecified atom stereocenters. The third-order valence-electron chi connectivity index (χ3n) is 2.56. The lowest BCUT2D eigenvalue weighted by Crippen LogP contribution is -2.13. The molecule has 0 atom stereocenters. The van der Waals surface area contributed by atoms with Gasteiger partial charge >= 0.3 is 5.97 Å². The third-order valence-corrected chi connectivity index (χ3v) is 2.89. The Labute approximate surface area is 119 Å². The molecule has 0 saturated heterocycles. The Bertz CT molecular complexity index is 694. The van der Waals surface area contributed by atoms with Gasteiger partial charge in [0.05, 0.1) is 16.3 Å². The summed E-state index contributed by atoms with van der Waals surface area (Å²) in [4.78, 5) is 26.9. The van der Waals surface area contributed by atoms with Gasteiger partial charge in [0.2, 0.25) is 5.76 Å². The largest absolute Gasteiger partial charge is 0.478 e. The van der Waals surface area contributed by atoms with Crippen molar-refractivity contribution < 1.29 is 19.1 Å². The predicted molar refractivity (Wildman–Crippen MR) is 72.3 cm³/mol. The average Bonchev–Trinajstić information content (AvgIpc) is 2.70. The summed E-state index contributed by atoms with van der Waals surface area (Å²) in [6.07, 6.45) is 0. The molecule has 1 amide bonds. The molecular formula is C13H11ClN2O4. The number of nitrogens with zero attached hydrogens (tertiary/aromatic N) is 1. The van der Waals surface area contributed by atoms with Crippen molar-refractivity contribution in [2.75, 3.05) is 5.32 Å². The van der Waals surface area contributed by atoms with Gasteiger partial charge in [0.15, 0.2) is 5.89 Å². The van der Waals surface area contributed by atoms with Gasteiger partial charge in [-0.1, -0.05) is 11.6 Å². The van der Waals surface area contributed by atoms with Crippen LogP contribution in [0.25, 0.3) is 0 Å². The lowest BCUT2D eigenvalue weighted by molar-refractivity contribution is 0.0696. The van der Waals surface area contributed by atoms with Crippen molar-refractivity contribution in [1.82, 2.24) is 4.98 Å². The van der Waals surface area contributed by atoms with E-state index in [1.165, 1.54) is 18.2 Å². The van der Waals surface area contributed by atoms with E-state index in [1.54, 1.807) is 13.8 Å². The molecule has 20 heavy (non-hydrogen) atoms. The number of halogens is 1. The van der Waals surface area contributed by atoms with E-state index in [0.29, 0.717) is 17.3 Å².